The van der Waals surface area contributed by atoms with Gasteiger partial charge in [0.25, 0.3) is 0 Å². The fourth-order valence-corrected chi connectivity index (χ4v) is 3.61. The van der Waals surface area contributed by atoms with Gasteiger partial charge in [-0.25, -0.2) is 13.8 Å². The summed E-state index contributed by atoms with van der Waals surface area (Å²) in [5.41, 5.74) is 1.74. The maximum Gasteiger partial charge on any atom is 0.153 e. The molecule has 3 heterocycles. The van der Waals surface area contributed by atoms with Crippen LogP contribution in [0.25, 0.3) is 11.0 Å². The van der Waals surface area contributed by atoms with Gasteiger partial charge in [0.15, 0.2) is 5.82 Å². The van der Waals surface area contributed by atoms with Crippen LogP contribution in [0, 0.1) is 11.6 Å². The van der Waals surface area contributed by atoms with Crippen LogP contribution in [0.3, 0.4) is 0 Å². The van der Waals surface area contributed by atoms with Crippen LogP contribution in [-0.2, 0) is 6.42 Å². The average molecular weight is 291 g/mol. The van der Waals surface area contributed by atoms with Crippen molar-refractivity contribution in [1.29, 1.82) is 0 Å². The maximum atomic E-state index is 13.7. The summed E-state index contributed by atoms with van der Waals surface area (Å²) in [6.07, 6.45) is 0.993. The molecule has 3 nitrogen and oxygen atoms in total. The van der Waals surface area contributed by atoms with Crippen LogP contribution < -0.4 is 5.32 Å². The first-order valence-electron chi connectivity index (χ1n) is 6.36. The molecule has 102 valence electrons. The molecular formula is C14H11F2N3S. The van der Waals surface area contributed by atoms with E-state index in [1.165, 1.54) is 16.5 Å². The van der Waals surface area contributed by atoms with Gasteiger partial charge in [-0.3, -0.25) is 0 Å². The Hall–Kier alpha value is -1.79. The number of benzene rings is 1. The SMILES string of the molecule is Fc1cc(F)c2nc(C3NCCc4sccc43)[nH]c2c1. The minimum atomic E-state index is -0.635. The van der Waals surface area contributed by atoms with Crippen molar-refractivity contribution in [1.82, 2.24) is 15.3 Å². The number of hydrogen-bond donors (Lipinski definition) is 2. The Kier molecular flexibility index (Phi) is 2.61. The minimum Gasteiger partial charge on any atom is -0.340 e. The lowest BCUT2D eigenvalue weighted by Crippen LogP contribution is -2.30. The molecule has 0 saturated heterocycles. The maximum absolute atomic E-state index is 13.7. The van der Waals surface area contributed by atoms with Gasteiger partial charge < -0.3 is 10.3 Å². The van der Waals surface area contributed by atoms with Crippen LogP contribution in [0.1, 0.15) is 22.3 Å². The molecule has 6 heteroatoms. The monoisotopic (exact) mass is 291 g/mol. The van der Waals surface area contributed by atoms with E-state index in [9.17, 15) is 8.78 Å². The molecule has 0 radical (unpaired) electrons. The fourth-order valence-electron chi connectivity index (χ4n) is 2.69. The van der Waals surface area contributed by atoms with Crippen LogP contribution in [-0.4, -0.2) is 16.5 Å². The molecule has 0 spiro atoms. The van der Waals surface area contributed by atoms with Gasteiger partial charge in [-0.1, -0.05) is 0 Å². The largest absolute Gasteiger partial charge is 0.340 e. The molecule has 4 rings (SSSR count). The highest BCUT2D eigenvalue weighted by Gasteiger charge is 2.25. The number of fused-ring (bicyclic) bond motifs is 2. The molecule has 0 amide bonds. The fraction of sp³-hybridized carbons (Fsp3) is 0.214. The third-order valence-electron chi connectivity index (χ3n) is 3.59. The Labute approximate surface area is 117 Å². The summed E-state index contributed by atoms with van der Waals surface area (Å²) in [7, 11) is 0. The van der Waals surface area contributed by atoms with Crippen molar-refractivity contribution in [2.45, 2.75) is 12.5 Å². The van der Waals surface area contributed by atoms with Crippen molar-refractivity contribution < 1.29 is 8.78 Å². The number of H-pyrrole nitrogens is 1. The van der Waals surface area contributed by atoms with Gasteiger partial charge in [0, 0.05) is 17.5 Å². The molecule has 0 bridgehead atoms. The Balaban J connectivity index is 1.86. The molecule has 20 heavy (non-hydrogen) atoms. The Bertz CT molecular complexity index is 793. The molecule has 1 aliphatic rings. The summed E-state index contributed by atoms with van der Waals surface area (Å²) in [5.74, 6) is -0.606. The summed E-state index contributed by atoms with van der Waals surface area (Å²) in [6.45, 7) is 0.853. The summed E-state index contributed by atoms with van der Waals surface area (Å²) >= 11 is 1.72. The zero-order valence-corrected chi connectivity index (χ0v) is 11.2. The van der Waals surface area contributed by atoms with Crippen LogP contribution in [0.4, 0.5) is 8.78 Å². The minimum absolute atomic E-state index is 0.0835. The number of aromatic amines is 1. The highest BCUT2D eigenvalue weighted by atomic mass is 32.1. The van der Waals surface area contributed by atoms with E-state index >= 15 is 0 Å². The average Bonchev–Trinajstić information content (AvgIpc) is 3.03. The molecular weight excluding hydrogens is 280 g/mol. The third kappa shape index (κ3) is 1.76. The van der Waals surface area contributed by atoms with Gasteiger partial charge in [0.2, 0.25) is 0 Å². The van der Waals surface area contributed by atoms with Gasteiger partial charge in [-0.2, -0.15) is 0 Å². The number of imidazole rings is 1. The molecule has 2 N–H and O–H groups in total. The molecule has 1 atom stereocenters. The van der Waals surface area contributed by atoms with Crippen molar-refractivity contribution in [3.63, 3.8) is 0 Å². The lowest BCUT2D eigenvalue weighted by Gasteiger charge is -2.22. The zero-order chi connectivity index (χ0) is 13.7. The predicted molar refractivity (Wildman–Crippen MR) is 73.9 cm³/mol. The molecule has 1 unspecified atom stereocenters. The van der Waals surface area contributed by atoms with E-state index in [1.54, 1.807) is 11.3 Å². The van der Waals surface area contributed by atoms with E-state index < -0.39 is 11.6 Å². The van der Waals surface area contributed by atoms with Gasteiger partial charge in [-0.05, 0) is 29.5 Å². The van der Waals surface area contributed by atoms with Crippen molar-refractivity contribution in [2.75, 3.05) is 6.54 Å². The molecule has 3 aromatic rings. The van der Waals surface area contributed by atoms with Gasteiger partial charge >= 0.3 is 0 Å². The third-order valence-corrected chi connectivity index (χ3v) is 4.58. The normalized spacial score (nSPS) is 18.4. The van der Waals surface area contributed by atoms with E-state index in [0.717, 1.165) is 19.0 Å². The van der Waals surface area contributed by atoms with Crippen molar-refractivity contribution in [3.8, 4) is 0 Å². The first-order valence-corrected chi connectivity index (χ1v) is 7.24. The first-order chi connectivity index (χ1) is 9.72. The highest BCUT2D eigenvalue weighted by molar-refractivity contribution is 7.10. The number of nitrogens with zero attached hydrogens (tertiary/aromatic N) is 1. The zero-order valence-electron chi connectivity index (χ0n) is 10.4. The second-order valence-corrected chi connectivity index (χ2v) is 5.84. The summed E-state index contributed by atoms with van der Waals surface area (Å²) in [6, 6.07) is 4.10. The number of hydrogen-bond acceptors (Lipinski definition) is 3. The smallest absolute Gasteiger partial charge is 0.153 e. The molecule has 0 saturated carbocycles. The number of aromatic nitrogens is 2. The summed E-state index contributed by atoms with van der Waals surface area (Å²) in [4.78, 5) is 8.65. The summed E-state index contributed by atoms with van der Waals surface area (Å²) in [5, 5.41) is 5.42. The lowest BCUT2D eigenvalue weighted by atomic mass is 10.0. The quantitative estimate of drug-likeness (QED) is 0.723. The molecule has 1 aromatic carbocycles. The summed E-state index contributed by atoms with van der Waals surface area (Å²) < 4.78 is 27.0. The van der Waals surface area contributed by atoms with Crippen LogP contribution in [0.5, 0.6) is 0 Å². The number of thiophene rings is 1. The highest BCUT2D eigenvalue weighted by Crippen LogP contribution is 2.32. The number of halogens is 2. The van der Waals surface area contributed by atoms with Crippen LogP contribution in [0.15, 0.2) is 23.6 Å². The van der Waals surface area contributed by atoms with E-state index in [4.69, 9.17) is 0 Å². The van der Waals surface area contributed by atoms with Gasteiger partial charge in [0.05, 0.1) is 11.6 Å². The number of nitrogens with one attached hydrogen (secondary N) is 2. The molecule has 0 aliphatic carbocycles. The lowest BCUT2D eigenvalue weighted by molar-refractivity contribution is 0.554. The Morgan fingerprint density at radius 3 is 3.10 bits per heavy atom. The predicted octanol–water partition coefficient (Wildman–Crippen LogP) is 3.14. The Morgan fingerprint density at radius 2 is 2.20 bits per heavy atom. The topological polar surface area (TPSA) is 40.7 Å². The second kappa shape index (κ2) is 4.36. The van der Waals surface area contributed by atoms with Crippen molar-refractivity contribution in [3.05, 3.63) is 51.5 Å². The van der Waals surface area contributed by atoms with Crippen molar-refractivity contribution in [2.24, 2.45) is 0 Å². The molecule has 2 aromatic heterocycles. The van der Waals surface area contributed by atoms with Gasteiger partial charge in [-0.15, -0.1) is 11.3 Å². The van der Waals surface area contributed by atoms with E-state index in [-0.39, 0.29) is 11.6 Å². The van der Waals surface area contributed by atoms with Crippen molar-refractivity contribution >= 4 is 22.4 Å². The molecule has 1 aliphatic heterocycles. The van der Waals surface area contributed by atoms with Crippen LogP contribution in [0.2, 0.25) is 0 Å². The van der Waals surface area contributed by atoms with Gasteiger partial charge in [0.1, 0.15) is 17.2 Å². The van der Waals surface area contributed by atoms with Crippen LogP contribution >= 0.6 is 11.3 Å². The Morgan fingerprint density at radius 1 is 1.30 bits per heavy atom. The molecule has 0 fully saturated rings. The van der Waals surface area contributed by atoms with E-state index in [0.29, 0.717) is 11.3 Å². The second-order valence-electron chi connectivity index (χ2n) is 4.84. The van der Waals surface area contributed by atoms with E-state index in [2.05, 4.69) is 21.4 Å². The first kappa shape index (κ1) is 12.0. The van der Waals surface area contributed by atoms with E-state index in [1.807, 2.05) is 5.38 Å². The standard InChI is InChI=1S/C14H11F2N3S/c15-7-5-9(16)13-10(6-7)18-14(19-13)12-8-2-4-20-11(8)1-3-17-12/h2,4-6,12,17H,1,3H2,(H,18,19). The number of rotatable bonds is 1.